The van der Waals surface area contributed by atoms with Gasteiger partial charge in [0.25, 0.3) is 0 Å². The maximum Gasteiger partial charge on any atom is 0.573 e. The van der Waals surface area contributed by atoms with E-state index in [2.05, 4.69) is 15.7 Å². The molecule has 2 aromatic carbocycles. The first-order valence-electron chi connectivity index (χ1n) is 14.3. The fraction of sp³-hybridized carbons (Fsp3) is 0.500. The van der Waals surface area contributed by atoms with Crippen molar-refractivity contribution in [2.45, 2.75) is 63.3 Å². The molecule has 1 aliphatic heterocycles. The Morgan fingerprint density at radius 2 is 1.83 bits per heavy atom. The van der Waals surface area contributed by atoms with Gasteiger partial charge in [-0.3, -0.25) is 9.59 Å². The standard InChI is InChI=1S/C32H37F3N2O4/c1-22(38)40-28-7-4-6-25(18-28)31-15-16-37(20-24-9-10-24)21-26(31)12-13-27(19-31)36(2)30(39)14-11-23-5-3-8-29(17-23)41-32(33,34)35/h3-8,11,14,17-18,24,26-27H,9-10,12-13,15-16,19-21H2,1-2H3/b14-11+. The Balaban J connectivity index is 1.33. The monoisotopic (exact) mass is 570 g/mol. The molecule has 2 aromatic rings. The number of halogens is 3. The molecule has 0 aromatic heterocycles. The fourth-order valence-electron chi connectivity index (χ4n) is 6.67. The van der Waals surface area contributed by atoms with Crippen molar-refractivity contribution >= 4 is 18.0 Å². The third-order valence-corrected chi connectivity index (χ3v) is 8.87. The van der Waals surface area contributed by atoms with Gasteiger partial charge >= 0.3 is 12.3 Å². The number of nitrogens with zero attached hydrogens (tertiary/aromatic N) is 2. The normalized spacial score (nSPS) is 25.0. The van der Waals surface area contributed by atoms with Gasteiger partial charge < -0.3 is 19.3 Å². The number of fused-ring (bicyclic) bond motifs is 1. The summed E-state index contributed by atoms with van der Waals surface area (Å²) in [7, 11) is 1.80. The zero-order chi connectivity index (χ0) is 29.2. The van der Waals surface area contributed by atoms with Gasteiger partial charge in [0.2, 0.25) is 5.91 Å². The quantitative estimate of drug-likeness (QED) is 0.215. The largest absolute Gasteiger partial charge is 0.573 e. The maximum absolute atomic E-state index is 13.2. The SMILES string of the molecule is CC(=O)Oc1cccc(C23CCN(CC4CC4)CC2CCC(N(C)C(=O)/C=C/c2cccc(OC(F)(F)F)c2)C3)c1. The summed E-state index contributed by atoms with van der Waals surface area (Å²) >= 11 is 0. The zero-order valence-corrected chi connectivity index (χ0v) is 23.5. The molecule has 3 atom stereocenters. The summed E-state index contributed by atoms with van der Waals surface area (Å²) in [5.41, 5.74) is 1.44. The van der Waals surface area contributed by atoms with Gasteiger partial charge in [0.1, 0.15) is 11.5 Å². The molecule has 0 N–H and O–H groups in total. The lowest BCUT2D eigenvalue weighted by Crippen LogP contribution is -2.56. The van der Waals surface area contributed by atoms with Crippen LogP contribution < -0.4 is 9.47 Å². The second-order valence-electron chi connectivity index (χ2n) is 11.8. The highest BCUT2D eigenvalue weighted by Crippen LogP contribution is 2.51. The number of hydrogen-bond acceptors (Lipinski definition) is 5. The minimum atomic E-state index is -4.78. The van der Waals surface area contributed by atoms with Crippen LogP contribution in [0.4, 0.5) is 13.2 Å². The highest BCUT2D eigenvalue weighted by atomic mass is 19.4. The molecule has 2 saturated carbocycles. The predicted octanol–water partition coefficient (Wildman–Crippen LogP) is 6.20. The molecular weight excluding hydrogens is 533 g/mol. The minimum absolute atomic E-state index is 0.00402. The summed E-state index contributed by atoms with van der Waals surface area (Å²) in [5, 5.41) is 0. The lowest BCUT2D eigenvalue weighted by atomic mass is 9.57. The number of hydrogen-bond donors (Lipinski definition) is 0. The van der Waals surface area contributed by atoms with Crippen LogP contribution >= 0.6 is 0 Å². The van der Waals surface area contributed by atoms with Crippen molar-refractivity contribution in [2.24, 2.45) is 11.8 Å². The zero-order valence-electron chi connectivity index (χ0n) is 23.5. The molecule has 3 unspecified atom stereocenters. The summed E-state index contributed by atoms with van der Waals surface area (Å²) < 4.78 is 47.2. The van der Waals surface area contributed by atoms with Crippen molar-refractivity contribution < 1.29 is 32.2 Å². The average Bonchev–Trinajstić information content (AvgIpc) is 3.74. The topological polar surface area (TPSA) is 59.1 Å². The van der Waals surface area contributed by atoms with Gasteiger partial charge in [0.15, 0.2) is 0 Å². The number of alkyl halides is 3. The average molecular weight is 571 g/mol. The Bertz CT molecular complexity index is 1290. The van der Waals surface area contributed by atoms with Gasteiger partial charge in [-0.25, -0.2) is 0 Å². The molecule has 1 saturated heterocycles. The van der Waals surface area contributed by atoms with E-state index in [0.717, 1.165) is 56.8 Å². The predicted molar refractivity (Wildman–Crippen MR) is 149 cm³/mol. The summed E-state index contributed by atoms with van der Waals surface area (Å²) in [4.78, 5) is 29.3. The molecule has 1 heterocycles. The van der Waals surface area contributed by atoms with Crippen LogP contribution in [0.5, 0.6) is 11.5 Å². The number of benzene rings is 2. The van der Waals surface area contributed by atoms with Crippen molar-refractivity contribution in [1.82, 2.24) is 9.80 Å². The Morgan fingerprint density at radius 3 is 2.56 bits per heavy atom. The van der Waals surface area contributed by atoms with Crippen LogP contribution in [0.3, 0.4) is 0 Å². The molecule has 0 radical (unpaired) electrons. The Labute approximate surface area is 239 Å². The van der Waals surface area contributed by atoms with Crippen LogP contribution in [0.25, 0.3) is 6.08 Å². The van der Waals surface area contributed by atoms with E-state index in [1.54, 1.807) is 24.1 Å². The van der Waals surface area contributed by atoms with Crippen LogP contribution in [0.2, 0.25) is 0 Å². The first kappa shape index (κ1) is 29.2. The summed E-state index contributed by atoms with van der Waals surface area (Å²) in [5.74, 6) is 0.895. The number of carbonyl (C=O) groups excluding carboxylic acids is 2. The van der Waals surface area contributed by atoms with Crippen LogP contribution in [0, 0.1) is 11.8 Å². The number of likely N-dealkylation sites (N-methyl/N-ethyl adjacent to an activating group) is 1. The van der Waals surface area contributed by atoms with Crippen molar-refractivity contribution in [3.8, 4) is 11.5 Å². The molecule has 0 spiro atoms. The number of piperidine rings is 1. The number of rotatable bonds is 8. The molecule has 5 rings (SSSR count). The molecule has 1 amide bonds. The molecular formula is C32H37F3N2O4. The fourth-order valence-corrected chi connectivity index (χ4v) is 6.67. The third kappa shape index (κ3) is 7.31. The van der Waals surface area contributed by atoms with E-state index in [-0.39, 0.29) is 29.1 Å². The molecule has 2 aliphatic carbocycles. The van der Waals surface area contributed by atoms with Gasteiger partial charge in [-0.15, -0.1) is 13.2 Å². The second-order valence-corrected chi connectivity index (χ2v) is 11.8. The van der Waals surface area contributed by atoms with E-state index in [1.165, 1.54) is 50.1 Å². The van der Waals surface area contributed by atoms with E-state index in [4.69, 9.17) is 4.74 Å². The molecule has 220 valence electrons. The first-order valence-corrected chi connectivity index (χ1v) is 14.3. The maximum atomic E-state index is 13.2. The number of esters is 1. The highest BCUT2D eigenvalue weighted by molar-refractivity contribution is 5.91. The van der Waals surface area contributed by atoms with Crippen molar-refractivity contribution in [1.29, 1.82) is 0 Å². The van der Waals surface area contributed by atoms with Crippen LogP contribution in [-0.4, -0.2) is 60.8 Å². The Hall–Kier alpha value is -3.33. The molecule has 41 heavy (non-hydrogen) atoms. The number of ether oxygens (including phenoxy) is 2. The summed E-state index contributed by atoms with van der Waals surface area (Å²) in [6.07, 6.45) is 4.39. The van der Waals surface area contributed by atoms with Crippen molar-refractivity contribution in [3.05, 3.63) is 65.7 Å². The molecule has 3 fully saturated rings. The van der Waals surface area contributed by atoms with E-state index >= 15 is 0 Å². The smallest absolute Gasteiger partial charge is 0.427 e. The summed E-state index contributed by atoms with van der Waals surface area (Å²) in [6, 6.07) is 13.4. The van der Waals surface area contributed by atoms with E-state index in [0.29, 0.717) is 17.2 Å². The Morgan fingerprint density at radius 1 is 1.07 bits per heavy atom. The van der Waals surface area contributed by atoms with Gasteiger partial charge in [-0.2, -0.15) is 0 Å². The molecule has 0 bridgehead atoms. The third-order valence-electron chi connectivity index (χ3n) is 8.87. The van der Waals surface area contributed by atoms with E-state index in [9.17, 15) is 22.8 Å². The molecule has 6 nitrogen and oxygen atoms in total. The lowest BCUT2D eigenvalue weighted by Gasteiger charge is -2.54. The minimum Gasteiger partial charge on any atom is -0.427 e. The van der Waals surface area contributed by atoms with Gasteiger partial charge in [0, 0.05) is 44.6 Å². The van der Waals surface area contributed by atoms with E-state index in [1.807, 2.05) is 12.1 Å². The van der Waals surface area contributed by atoms with Crippen LogP contribution in [-0.2, 0) is 15.0 Å². The first-order chi connectivity index (χ1) is 19.5. The van der Waals surface area contributed by atoms with Gasteiger partial charge in [0.05, 0.1) is 0 Å². The van der Waals surface area contributed by atoms with E-state index < -0.39 is 6.36 Å². The number of amides is 1. The van der Waals surface area contributed by atoms with Gasteiger partial charge in [-0.05, 0) is 98.4 Å². The lowest BCUT2D eigenvalue weighted by molar-refractivity contribution is -0.274. The van der Waals surface area contributed by atoms with Crippen molar-refractivity contribution in [2.75, 3.05) is 26.7 Å². The molecule has 9 heteroatoms. The van der Waals surface area contributed by atoms with Gasteiger partial charge in [-0.1, -0.05) is 24.3 Å². The highest BCUT2D eigenvalue weighted by Gasteiger charge is 2.49. The Kier molecular flexibility index (Phi) is 8.45. The second kappa shape index (κ2) is 11.9. The summed E-state index contributed by atoms with van der Waals surface area (Å²) in [6.45, 7) is 4.57. The molecule has 3 aliphatic rings. The van der Waals surface area contributed by atoms with Crippen LogP contribution in [0.1, 0.15) is 56.6 Å². The van der Waals surface area contributed by atoms with Crippen molar-refractivity contribution in [3.63, 3.8) is 0 Å². The van der Waals surface area contributed by atoms with Crippen LogP contribution in [0.15, 0.2) is 54.6 Å². The number of likely N-dealkylation sites (tertiary alicyclic amines) is 1. The number of carbonyl (C=O) groups is 2.